The van der Waals surface area contributed by atoms with E-state index in [-0.39, 0.29) is 5.41 Å². The summed E-state index contributed by atoms with van der Waals surface area (Å²) in [5.74, 6) is 7.26. The summed E-state index contributed by atoms with van der Waals surface area (Å²) in [4.78, 5) is 0. The maximum absolute atomic E-state index is 3.36. The highest BCUT2D eigenvalue weighted by Crippen LogP contribution is 2.13. The van der Waals surface area contributed by atoms with Gasteiger partial charge < -0.3 is 0 Å². The van der Waals surface area contributed by atoms with Gasteiger partial charge in [0.15, 0.2) is 0 Å². The van der Waals surface area contributed by atoms with Crippen molar-refractivity contribution in [1.29, 1.82) is 0 Å². The normalized spacial score (nSPS) is 13.1. The van der Waals surface area contributed by atoms with Gasteiger partial charge in [0, 0.05) is 11.3 Å². The Balaban J connectivity index is 3.56. The fraction of sp³-hybridized carbons (Fsp3) is 0.867. The molecule has 0 aliphatic carbocycles. The number of rotatable bonds is 6. The van der Waals surface area contributed by atoms with Crippen molar-refractivity contribution in [2.24, 2.45) is 11.3 Å². The van der Waals surface area contributed by atoms with Crippen LogP contribution >= 0.6 is 0 Å². The van der Waals surface area contributed by atoms with Crippen LogP contribution in [0.3, 0.4) is 0 Å². The fourth-order valence-electron chi connectivity index (χ4n) is 1.47. The molecule has 0 rings (SSSR count). The molecule has 0 amide bonds. The predicted octanol–water partition coefficient (Wildman–Crippen LogP) is 5.03. The van der Waals surface area contributed by atoms with Crippen molar-refractivity contribution in [3.63, 3.8) is 0 Å². The average Bonchev–Trinajstić information content (AvgIpc) is 2.13. The van der Waals surface area contributed by atoms with Crippen LogP contribution in [0.1, 0.15) is 73.1 Å². The molecule has 0 radical (unpaired) electrons. The zero-order valence-corrected chi connectivity index (χ0v) is 11.3. The Morgan fingerprint density at radius 1 is 1.00 bits per heavy atom. The van der Waals surface area contributed by atoms with Gasteiger partial charge in [0.05, 0.1) is 0 Å². The molecule has 1 unspecified atom stereocenters. The largest absolute Gasteiger partial charge is 0.0996 e. The number of hydrogen-bond acceptors (Lipinski definition) is 0. The molecule has 0 heterocycles. The first-order valence-corrected chi connectivity index (χ1v) is 6.48. The monoisotopic (exact) mass is 208 g/mol. The molecule has 0 aromatic carbocycles. The van der Waals surface area contributed by atoms with Crippen molar-refractivity contribution in [3.8, 4) is 11.8 Å². The summed E-state index contributed by atoms with van der Waals surface area (Å²) in [6.45, 7) is 11.0. The van der Waals surface area contributed by atoms with E-state index in [1.807, 2.05) is 0 Å². The van der Waals surface area contributed by atoms with E-state index in [1.54, 1.807) is 0 Å². The number of hydrogen-bond donors (Lipinski definition) is 0. The van der Waals surface area contributed by atoms with Crippen LogP contribution in [-0.4, -0.2) is 0 Å². The van der Waals surface area contributed by atoms with Crippen molar-refractivity contribution in [2.75, 3.05) is 0 Å². The van der Waals surface area contributed by atoms with E-state index in [0.29, 0.717) is 5.92 Å². The second kappa shape index (κ2) is 7.80. The smallest absolute Gasteiger partial charge is 0.0230 e. The highest BCUT2D eigenvalue weighted by molar-refractivity contribution is 5.09. The lowest BCUT2D eigenvalue weighted by atomic mass is 9.95. The van der Waals surface area contributed by atoms with Crippen molar-refractivity contribution >= 4 is 0 Å². The van der Waals surface area contributed by atoms with Gasteiger partial charge in [-0.25, -0.2) is 0 Å². The highest BCUT2D eigenvalue weighted by atomic mass is 14.1. The van der Waals surface area contributed by atoms with E-state index in [2.05, 4.69) is 46.5 Å². The van der Waals surface area contributed by atoms with Crippen LogP contribution in [0.25, 0.3) is 0 Å². The predicted molar refractivity (Wildman–Crippen MR) is 69.8 cm³/mol. The summed E-state index contributed by atoms with van der Waals surface area (Å²) in [5.41, 5.74) is 0.163. The van der Waals surface area contributed by atoms with Crippen molar-refractivity contribution in [2.45, 2.75) is 73.1 Å². The van der Waals surface area contributed by atoms with Gasteiger partial charge in [-0.2, -0.15) is 0 Å². The van der Waals surface area contributed by atoms with E-state index >= 15 is 0 Å². The van der Waals surface area contributed by atoms with Gasteiger partial charge in [0.2, 0.25) is 0 Å². The van der Waals surface area contributed by atoms with Gasteiger partial charge in [0.1, 0.15) is 0 Å². The summed E-state index contributed by atoms with van der Waals surface area (Å²) in [7, 11) is 0. The lowest BCUT2D eigenvalue weighted by Crippen LogP contribution is -2.01. The molecule has 0 aromatic heterocycles. The molecule has 0 fully saturated rings. The van der Waals surface area contributed by atoms with Gasteiger partial charge in [0.25, 0.3) is 0 Å². The van der Waals surface area contributed by atoms with E-state index in [0.717, 1.165) is 0 Å². The number of unbranched alkanes of at least 4 members (excludes halogenated alkanes) is 4. The molecule has 0 saturated heterocycles. The molecule has 1 atom stereocenters. The Labute approximate surface area is 96.8 Å². The Hall–Kier alpha value is -0.440. The molecule has 0 saturated carbocycles. The van der Waals surface area contributed by atoms with Gasteiger partial charge in [-0.15, -0.1) is 0 Å². The molecule has 0 nitrogen and oxygen atoms in total. The summed E-state index contributed by atoms with van der Waals surface area (Å²) in [6.07, 6.45) is 8.12. The Morgan fingerprint density at radius 2 is 1.60 bits per heavy atom. The molecular weight excluding hydrogens is 180 g/mol. The zero-order valence-electron chi connectivity index (χ0n) is 11.3. The fourth-order valence-corrected chi connectivity index (χ4v) is 1.47. The zero-order chi connectivity index (χ0) is 11.7. The SMILES string of the molecule is CCCCCCCC(C)C#CC(C)(C)C. The van der Waals surface area contributed by atoms with Crippen LogP contribution in [0.2, 0.25) is 0 Å². The highest BCUT2D eigenvalue weighted by Gasteiger charge is 2.04. The van der Waals surface area contributed by atoms with Crippen LogP contribution < -0.4 is 0 Å². The minimum atomic E-state index is 0.163. The third-order valence-electron chi connectivity index (χ3n) is 2.43. The first-order chi connectivity index (χ1) is 6.95. The molecule has 0 aliphatic rings. The van der Waals surface area contributed by atoms with Gasteiger partial charge in [-0.05, 0) is 27.2 Å². The van der Waals surface area contributed by atoms with E-state index < -0.39 is 0 Å². The molecule has 0 N–H and O–H groups in total. The molecule has 0 bridgehead atoms. The van der Waals surface area contributed by atoms with E-state index in [1.165, 1.54) is 38.5 Å². The van der Waals surface area contributed by atoms with E-state index in [9.17, 15) is 0 Å². The molecule has 88 valence electrons. The first-order valence-electron chi connectivity index (χ1n) is 6.48. The molecule has 0 aliphatic heterocycles. The topological polar surface area (TPSA) is 0 Å². The van der Waals surface area contributed by atoms with E-state index in [4.69, 9.17) is 0 Å². The summed E-state index contributed by atoms with van der Waals surface area (Å²) >= 11 is 0. The van der Waals surface area contributed by atoms with Crippen molar-refractivity contribution in [1.82, 2.24) is 0 Å². The third-order valence-corrected chi connectivity index (χ3v) is 2.43. The third kappa shape index (κ3) is 11.5. The minimum Gasteiger partial charge on any atom is -0.0996 e. The van der Waals surface area contributed by atoms with Gasteiger partial charge >= 0.3 is 0 Å². The second-order valence-electron chi connectivity index (χ2n) is 5.62. The van der Waals surface area contributed by atoms with Crippen LogP contribution in [0, 0.1) is 23.2 Å². The Morgan fingerprint density at radius 3 is 2.13 bits per heavy atom. The van der Waals surface area contributed by atoms with Crippen molar-refractivity contribution < 1.29 is 0 Å². The minimum absolute atomic E-state index is 0.163. The standard InChI is InChI=1S/C15H28/c1-6-7-8-9-10-11-14(2)12-13-15(3,4)5/h14H,6-11H2,1-5H3. The van der Waals surface area contributed by atoms with Crippen LogP contribution in [0.15, 0.2) is 0 Å². The molecule has 0 spiro atoms. The lowest BCUT2D eigenvalue weighted by molar-refractivity contribution is 0.548. The molecule has 0 heteroatoms. The average molecular weight is 208 g/mol. The maximum Gasteiger partial charge on any atom is 0.0230 e. The quantitative estimate of drug-likeness (QED) is 0.424. The molecular formula is C15H28. The lowest BCUT2D eigenvalue weighted by Gasteiger charge is -2.09. The Bertz CT molecular complexity index is 196. The van der Waals surface area contributed by atoms with Gasteiger partial charge in [-0.3, -0.25) is 0 Å². The van der Waals surface area contributed by atoms with Gasteiger partial charge in [-0.1, -0.05) is 57.8 Å². The molecule has 15 heavy (non-hydrogen) atoms. The summed E-state index contributed by atoms with van der Waals surface area (Å²) in [6, 6.07) is 0. The molecule has 0 aromatic rings. The summed E-state index contributed by atoms with van der Waals surface area (Å²) in [5, 5.41) is 0. The second-order valence-corrected chi connectivity index (χ2v) is 5.62. The maximum atomic E-state index is 3.36. The Kier molecular flexibility index (Phi) is 7.57. The van der Waals surface area contributed by atoms with Crippen LogP contribution in [0.5, 0.6) is 0 Å². The van der Waals surface area contributed by atoms with Crippen LogP contribution in [0.4, 0.5) is 0 Å². The van der Waals surface area contributed by atoms with Crippen molar-refractivity contribution in [3.05, 3.63) is 0 Å². The van der Waals surface area contributed by atoms with Crippen LogP contribution in [-0.2, 0) is 0 Å². The summed E-state index contributed by atoms with van der Waals surface area (Å²) < 4.78 is 0. The first kappa shape index (κ1) is 14.6.